The maximum absolute atomic E-state index is 4.25. The van der Waals surface area contributed by atoms with Crippen LogP contribution in [0.5, 0.6) is 0 Å². The van der Waals surface area contributed by atoms with Crippen LogP contribution in [0.4, 0.5) is 0 Å². The second-order valence-electron chi connectivity index (χ2n) is 5.21. The zero-order valence-corrected chi connectivity index (χ0v) is 16.1. The lowest BCUT2D eigenvalue weighted by Gasteiger charge is -2.12. The molecule has 0 aliphatic heterocycles. The fraction of sp³-hybridized carbons (Fsp3) is 0.333. The normalized spacial score (nSPS) is 10.8. The van der Waals surface area contributed by atoms with E-state index in [-0.39, 0.29) is 24.0 Å². The van der Waals surface area contributed by atoms with E-state index in [1.54, 1.807) is 7.05 Å². The molecule has 124 valence electrons. The molecule has 0 unspecified atom stereocenters. The Balaban J connectivity index is 0.00000264. The summed E-state index contributed by atoms with van der Waals surface area (Å²) in [6.07, 6.45) is 5.70. The van der Waals surface area contributed by atoms with Crippen molar-refractivity contribution in [3.8, 4) is 0 Å². The van der Waals surface area contributed by atoms with Crippen molar-refractivity contribution in [2.24, 2.45) is 4.99 Å². The lowest BCUT2D eigenvalue weighted by Crippen LogP contribution is -2.39. The number of halogens is 1. The molecule has 0 saturated heterocycles. The molecule has 1 heterocycles. The molecular weight excluding hydrogens is 399 g/mol. The fourth-order valence-corrected chi connectivity index (χ4v) is 2.29. The number of hydrogen-bond donors (Lipinski definition) is 2. The molecule has 0 spiro atoms. The van der Waals surface area contributed by atoms with Gasteiger partial charge in [0.25, 0.3) is 0 Å². The van der Waals surface area contributed by atoms with E-state index in [9.17, 15) is 0 Å². The molecule has 1 aromatic carbocycles. The summed E-state index contributed by atoms with van der Waals surface area (Å²) in [5, 5.41) is 6.70. The van der Waals surface area contributed by atoms with Gasteiger partial charge in [-0.2, -0.15) is 0 Å². The van der Waals surface area contributed by atoms with Crippen molar-refractivity contribution in [1.29, 1.82) is 0 Å². The molecule has 2 N–H and O–H groups in total. The molecule has 2 rings (SSSR count). The first-order valence-corrected chi connectivity index (χ1v) is 7.67. The minimum Gasteiger partial charge on any atom is -0.356 e. The van der Waals surface area contributed by atoms with Crippen LogP contribution in [-0.4, -0.2) is 31.1 Å². The summed E-state index contributed by atoms with van der Waals surface area (Å²) < 4.78 is 0. The summed E-state index contributed by atoms with van der Waals surface area (Å²) in [5.41, 5.74) is 3.89. The Morgan fingerprint density at radius 3 is 2.39 bits per heavy atom. The number of pyridine rings is 1. The quantitative estimate of drug-likeness (QED) is 0.426. The Morgan fingerprint density at radius 1 is 1.04 bits per heavy atom. The Labute approximate surface area is 155 Å². The van der Waals surface area contributed by atoms with Gasteiger partial charge in [-0.3, -0.25) is 9.98 Å². The van der Waals surface area contributed by atoms with Crippen LogP contribution in [0.1, 0.15) is 16.7 Å². The maximum atomic E-state index is 4.25. The second-order valence-corrected chi connectivity index (χ2v) is 5.21. The Hall–Kier alpha value is -1.63. The van der Waals surface area contributed by atoms with E-state index >= 15 is 0 Å². The van der Waals surface area contributed by atoms with Crippen LogP contribution in [-0.2, 0) is 12.8 Å². The average Bonchev–Trinajstić information content (AvgIpc) is 2.56. The van der Waals surface area contributed by atoms with E-state index in [1.807, 2.05) is 18.5 Å². The standard InChI is InChI=1S/C18H24N4.HI/c1-15-14-20-11-9-17(15)10-13-22-18(19-2)21-12-8-16-6-4-3-5-7-16;/h3-7,9,11,14H,8,10,12-13H2,1-2H3,(H2,19,21,22);1H. The predicted octanol–water partition coefficient (Wildman–Crippen LogP) is 2.96. The smallest absolute Gasteiger partial charge is 0.190 e. The molecule has 1 aromatic heterocycles. The summed E-state index contributed by atoms with van der Waals surface area (Å²) in [7, 11) is 1.80. The van der Waals surface area contributed by atoms with Crippen molar-refractivity contribution in [2.45, 2.75) is 19.8 Å². The SMILES string of the molecule is CN=C(NCCc1ccccc1)NCCc1ccncc1C.I. The van der Waals surface area contributed by atoms with E-state index in [2.05, 4.69) is 57.9 Å². The first kappa shape index (κ1) is 19.4. The van der Waals surface area contributed by atoms with Gasteiger partial charge in [-0.1, -0.05) is 30.3 Å². The van der Waals surface area contributed by atoms with E-state index in [1.165, 1.54) is 16.7 Å². The van der Waals surface area contributed by atoms with Gasteiger partial charge in [0.05, 0.1) is 0 Å². The molecule has 2 aromatic rings. The van der Waals surface area contributed by atoms with Gasteiger partial charge in [0.1, 0.15) is 0 Å². The van der Waals surface area contributed by atoms with Gasteiger partial charge >= 0.3 is 0 Å². The van der Waals surface area contributed by atoms with Crippen molar-refractivity contribution in [2.75, 3.05) is 20.1 Å². The third kappa shape index (κ3) is 6.99. The van der Waals surface area contributed by atoms with Gasteiger partial charge in [-0.05, 0) is 42.5 Å². The molecule has 5 heteroatoms. The monoisotopic (exact) mass is 424 g/mol. The molecule has 0 fully saturated rings. The van der Waals surface area contributed by atoms with Crippen LogP contribution in [0.2, 0.25) is 0 Å². The number of aromatic nitrogens is 1. The van der Waals surface area contributed by atoms with Crippen LogP contribution in [0.25, 0.3) is 0 Å². The fourth-order valence-electron chi connectivity index (χ4n) is 2.29. The highest BCUT2D eigenvalue weighted by molar-refractivity contribution is 14.0. The number of aliphatic imine (C=N–C) groups is 1. The number of nitrogens with zero attached hydrogens (tertiary/aromatic N) is 2. The third-order valence-electron chi connectivity index (χ3n) is 3.60. The van der Waals surface area contributed by atoms with Crippen molar-refractivity contribution >= 4 is 29.9 Å². The van der Waals surface area contributed by atoms with Gasteiger partial charge < -0.3 is 10.6 Å². The minimum absolute atomic E-state index is 0. The molecule has 0 radical (unpaired) electrons. The number of nitrogens with one attached hydrogen (secondary N) is 2. The lowest BCUT2D eigenvalue weighted by molar-refractivity contribution is 0.782. The van der Waals surface area contributed by atoms with Gasteiger partial charge in [-0.15, -0.1) is 24.0 Å². The van der Waals surface area contributed by atoms with Crippen molar-refractivity contribution in [1.82, 2.24) is 15.6 Å². The minimum atomic E-state index is 0. The van der Waals surface area contributed by atoms with Crippen molar-refractivity contribution < 1.29 is 0 Å². The highest BCUT2D eigenvalue weighted by Gasteiger charge is 2.00. The van der Waals surface area contributed by atoms with Gasteiger partial charge in [0.2, 0.25) is 0 Å². The van der Waals surface area contributed by atoms with Crippen LogP contribution in [0.15, 0.2) is 53.8 Å². The molecule has 23 heavy (non-hydrogen) atoms. The number of aryl methyl sites for hydroxylation is 1. The molecule has 0 amide bonds. The highest BCUT2D eigenvalue weighted by Crippen LogP contribution is 2.04. The summed E-state index contributed by atoms with van der Waals surface area (Å²) in [6, 6.07) is 12.5. The zero-order chi connectivity index (χ0) is 15.6. The lowest BCUT2D eigenvalue weighted by atomic mass is 10.1. The highest BCUT2D eigenvalue weighted by atomic mass is 127. The zero-order valence-electron chi connectivity index (χ0n) is 13.7. The van der Waals surface area contributed by atoms with Gasteiger partial charge in [0.15, 0.2) is 5.96 Å². The molecule has 0 aliphatic rings. The number of hydrogen-bond acceptors (Lipinski definition) is 2. The topological polar surface area (TPSA) is 49.3 Å². The van der Waals surface area contributed by atoms with Crippen molar-refractivity contribution in [3.63, 3.8) is 0 Å². The maximum Gasteiger partial charge on any atom is 0.190 e. The summed E-state index contributed by atoms with van der Waals surface area (Å²) in [6.45, 7) is 3.82. The van der Waals surface area contributed by atoms with Crippen LogP contribution in [0.3, 0.4) is 0 Å². The number of benzene rings is 1. The summed E-state index contributed by atoms with van der Waals surface area (Å²) in [5.74, 6) is 0.850. The number of rotatable bonds is 6. The van der Waals surface area contributed by atoms with E-state index in [0.29, 0.717) is 0 Å². The van der Waals surface area contributed by atoms with Crippen LogP contribution in [0, 0.1) is 6.92 Å². The molecule has 4 nitrogen and oxygen atoms in total. The first-order valence-electron chi connectivity index (χ1n) is 7.67. The third-order valence-corrected chi connectivity index (χ3v) is 3.60. The summed E-state index contributed by atoms with van der Waals surface area (Å²) in [4.78, 5) is 8.37. The summed E-state index contributed by atoms with van der Waals surface area (Å²) >= 11 is 0. The predicted molar refractivity (Wildman–Crippen MR) is 108 cm³/mol. The first-order chi connectivity index (χ1) is 10.8. The van der Waals surface area contributed by atoms with Crippen molar-refractivity contribution in [3.05, 3.63) is 65.5 Å². The molecule has 0 bridgehead atoms. The Morgan fingerprint density at radius 2 is 1.74 bits per heavy atom. The average molecular weight is 424 g/mol. The Bertz CT molecular complexity index is 599. The van der Waals surface area contributed by atoms with E-state index in [4.69, 9.17) is 0 Å². The van der Waals surface area contributed by atoms with Crippen LogP contribution >= 0.6 is 24.0 Å². The Kier molecular flexibility index (Phi) is 9.28. The largest absolute Gasteiger partial charge is 0.356 e. The molecule has 0 saturated carbocycles. The van der Waals surface area contributed by atoms with E-state index < -0.39 is 0 Å². The number of guanidine groups is 1. The second kappa shape index (κ2) is 11.0. The molecule has 0 aliphatic carbocycles. The van der Waals surface area contributed by atoms with Gasteiger partial charge in [0, 0.05) is 32.5 Å². The molecule has 0 atom stereocenters. The van der Waals surface area contributed by atoms with Crippen LogP contribution < -0.4 is 10.6 Å². The molecular formula is C18H25IN4. The van der Waals surface area contributed by atoms with E-state index in [0.717, 1.165) is 31.9 Å². The van der Waals surface area contributed by atoms with Gasteiger partial charge in [-0.25, -0.2) is 0 Å².